The van der Waals surface area contributed by atoms with Gasteiger partial charge in [-0.05, 0) is 31.6 Å². The highest BCUT2D eigenvalue weighted by Crippen LogP contribution is 2.45. The van der Waals surface area contributed by atoms with E-state index < -0.39 is 97.5 Å². The molecular weight excluding hydrogens is 1220 g/mol. The van der Waals surface area contributed by atoms with Crippen molar-refractivity contribution < 1.29 is 80.2 Å². The summed E-state index contributed by atoms with van der Waals surface area (Å²) in [4.78, 5) is 72.7. The molecule has 3 N–H and O–H groups in total. The number of carbonyl (C=O) groups is 4. The molecular formula is C74H144O17P2. The fourth-order valence-electron chi connectivity index (χ4n) is 11.3. The van der Waals surface area contributed by atoms with Gasteiger partial charge in [0.15, 0.2) is 12.2 Å². The minimum absolute atomic E-state index is 0.107. The largest absolute Gasteiger partial charge is 0.472 e. The zero-order chi connectivity index (χ0) is 68.4. The molecule has 0 rings (SSSR count). The Hall–Kier alpha value is -1.94. The average molecular weight is 1370 g/mol. The Labute approximate surface area is 568 Å². The molecule has 0 spiro atoms. The van der Waals surface area contributed by atoms with Crippen LogP contribution in [0.15, 0.2) is 0 Å². The Balaban J connectivity index is 5.22. The molecule has 0 radical (unpaired) electrons. The van der Waals surface area contributed by atoms with E-state index in [-0.39, 0.29) is 25.7 Å². The summed E-state index contributed by atoms with van der Waals surface area (Å²) in [7, 11) is -9.90. The predicted octanol–water partition coefficient (Wildman–Crippen LogP) is 21.7. The molecule has 0 aliphatic rings. The standard InChI is InChI=1S/C74H144O17P2/c1-6-10-13-16-19-22-24-25-26-30-34-38-43-48-53-58-72(77)85-64-70(91-74(79)60-55-50-45-40-35-31-28-27-29-33-37-41-46-51-56-67(5)9-4)66-89-93(82,83)87-62-68(75)61-86-92(80,81)88-65-69(63-84-71(76)57-52-47-42-36-21-18-15-12-8-3)90-73(78)59-54-49-44-39-32-23-20-17-14-11-7-2/h67-70,75H,6-66H2,1-5H3,(H,80,81)(H,82,83)/t67?,68-,69+,70+/m0/s1. The van der Waals surface area contributed by atoms with Crippen LogP contribution in [0.2, 0.25) is 0 Å². The van der Waals surface area contributed by atoms with E-state index in [0.29, 0.717) is 25.7 Å². The van der Waals surface area contributed by atoms with Crippen molar-refractivity contribution in [1.82, 2.24) is 0 Å². The molecule has 17 nitrogen and oxygen atoms in total. The third-order valence-corrected chi connectivity index (χ3v) is 19.5. The highest BCUT2D eigenvalue weighted by atomic mass is 31.2. The Morgan fingerprint density at radius 1 is 0.301 bits per heavy atom. The summed E-state index contributed by atoms with van der Waals surface area (Å²) in [6, 6.07) is 0. The highest BCUT2D eigenvalue weighted by Gasteiger charge is 2.30. The number of rotatable bonds is 74. The summed E-state index contributed by atoms with van der Waals surface area (Å²) in [5, 5.41) is 10.6. The normalized spacial score (nSPS) is 14.3. The third-order valence-electron chi connectivity index (χ3n) is 17.6. The van der Waals surface area contributed by atoms with Gasteiger partial charge in [-0.3, -0.25) is 37.3 Å². The second kappa shape index (κ2) is 67.3. The summed E-state index contributed by atoms with van der Waals surface area (Å²) in [5.41, 5.74) is 0. The van der Waals surface area contributed by atoms with E-state index in [1.165, 1.54) is 212 Å². The van der Waals surface area contributed by atoms with Gasteiger partial charge in [0.25, 0.3) is 0 Å². The molecule has 0 aliphatic heterocycles. The summed E-state index contributed by atoms with van der Waals surface area (Å²) < 4.78 is 68.4. The lowest BCUT2D eigenvalue weighted by molar-refractivity contribution is -0.161. The first kappa shape index (κ1) is 91.1. The van der Waals surface area contributed by atoms with Gasteiger partial charge in [-0.2, -0.15) is 0 Å². The SMILES string of the molecule is CCCCCCCCCCCCCCCCCC(=O)OC[C@H](COP(=O)(O)OC[C@@H](O)COP(=O)(O)OC[C@@H](COC(=O)CCCCCCCCCCC)OC(=O)CCCCCCCCCCCCC)OC(=O)CCCCCCCCCCCCCCCCC(C)CC. The van der Waals surface area contributed by atoms with E-state index in [1.807, 2.05) is 0 Å². The van der Waals surface area contributed by atoms with Crippen LogP contribution in [0.1, 0.15) is 388 Å². The van der Waals surface area contributed by atoms with Gasteiger partial charge in [0.2, 0.25) is 0 Å². The van der Waals surface area contributed by atoms with E-state index in [9.17, 15) is 43.2 Å². The second-order valence-electron chi connectivity index (χ2n) is 26.9. The summed E-state index contributed by atoms with van der Waals surface area (Å²) in [5.74, 6) is -1.27. The molecule has 93 heavy (non-hydrogen) atoms. The van der Waals surface area contributed by atoms with Crippen LogP contribution < -0.4 is 0 Å². The van der Waals surface area contributed by atoms with Crippen LogP contribution in [-0.2, 0) is 65.4 Å². The molecule has 19 heteroatoms. The Morgan fingerprint density at radius 2 is 0.516 bits per heavy atom. The summed E-state index contributed by atoms with van der Waals surface area (Å²) in [6.07, 6.45) is 55.3. The minimum Gasteiger partial charge on any atom is -0.462 e. The van der Waals surface area contributed by atoms with Gasteiger partial charge >= 0.3 is 39.5 Å². The number of hydrogen-bond acceptors (Lipinski definition) is 15. The van der Waals surface area contributed by atoms with Gasteiger partial charge in [0, 0.05) is 25.7 Å². The van der Waals surface area contributed by atoms with E-state index in [0.717, 1.165) is 95.8 Å². The lowest BCUT2D eigenvalue weighted by atomic mass is 9.99. The van der Waals surface area contributed by atoms with Gasteiger partial charge in [-0.25, -0.2) is 9.13 Å². The van der Waals surface area contributed by atoms with Gasteiger partial charge in [-0.15, -0.1) is 0 Å². The van der Waals surface area contributed by atoms with Crippen molar-refractivity contribution in [3.63, 3.8) is 0 Å². The molecule has 3 unspecified atom stereocenters. The van der Waals surface area contributed by atoms with Crippen molar-refractivity contribution in [2.45, 2.75) is 406 Å². The Morgan fingerprint density at radius 3 is 0.763 bits per heavy atom. The number of hydrogen-bond donors (Lipinski definition) is 3. The molecule has 0 amide bonds. The maximum Gasteiger partial charge on any atom is 0.472 e. The number of unbranched alkanes of at least 4 members (excludes halogenated alkanes) is 45. The number of phosphoric acid groups is 2. The average Bonchev–Trinajstić information content (AvgIpc) is 3.39. The number of phosphoric ester groups is 2. The van der Waals surface area contributed by atoms with Gasteiger partial charge in [0.1, 0.15) is 19.3 Å². The molecule has 0 saturated carbocycles. The van der Waals surface area contributed by atoms with Crippen molar-refractivity contribution >= 4 is 39.5 Å². The topological polar surface area (TPSA) is 237 Å². The molecule has 0 fully saturated rings. The highest BCUT2D eigenvalue weighted by molar-refractivity contribution is 7.47. The lowest BCUT2D eigenvalue weighted by Gasteiger charge is -2.21. The first-order valence-corrected chi connectivity index (χ1v) is 41.7. The van der Waals surface area contributed by atoms with E-state index in [1.54, 1.807) is 0 Å². The van der Waals surface area contributed by atoms with Crippen molar-refractivity contribution in [3.05, 3.63) is 0 Å². The first-order valence-electron chi connectivity index (χ1n) is 38.7. The number of ether oxygens (including phenoxy) is 4. The molecule has 0 saturated heterocycles. The summed E-state index contributed by atoms with van der Waals surface area (Å²) in [6.45, 7) is 7.32. The monoisotopic (exact) mass is 1370 g/mol. The molecule has 0 heterocycles. The zero-order valence-corrected chi connectivity index (χ0v) is 62.2. The zero-order valence-electron chi connectivity index (χ0n) is 60.4. The lowest BCUT2D eigenvalue weighted by Crippen LogP contribution is -2.30. The van der Waals surface area contributed by atoms with Gasteiger partial charge < -0.3 is 33.8 Å². The maximum atomic E-state index is 13.1. The first-order chi connectivity index (χ1) is 45.1. The molecule has 0 aromatic rings. The number of carbonyl (C=O) groups excluding carboxylic acids is 4. The van der Waals surface area contributed by atoms with E-state index in [2.05, 4.69) is 34.6 Å². The minimum atomic E-state index is -4.95. The van der Waals surface area contributed by atoms with Crippen molar-refractivity contribution in [1.29, 1.82) is 0 Å². The van der Waals surface area contributed by atoms with E-state index in [4.69, 9.17) is 37.0 Å². The number of aliphatic hydroxyl groups is 1. The van der Waals surface area contributed by atoms with Crippen molar-refractivity contribution in [2.75, 3.05) is 39.6 Å². The van der Waals surface area contributed by atoms with Crippen LogP contribution in [0.4, 0.5) is 0 Å². The van der Waals surface area contributed by atoms with Crippen LogP contribution in [-0.4, -0.2) is 96.7 Å². The van der Waals surface area contributed by atoms with Crippen LogP contribution >= 0.6 is 15.6 Å². The predicted molar refractivity (Wildman–Crippen MR) is 377 cm³/mol. The van der Waals surface area contributed by atoms with Gasteiger partial charge in [0.05, 0.1) is 26.4 Å². The number of esters is 4. The second-order valence-corrected chi connectivity index (χ2v) is 29.8. The van der Waals surface area contributed by atoms with Crippen molar-refractivity contribution in [3.8, 4) is 0 Å². The van der Waals surface area contributed by atoms with Crippen LogP contribution in [0.25, 0.3) is 0 Å². The Bertz CT molecular complexity index is 1790. The van der Waals surface area contributed by atoms with Crippen LogP contribution in [0, 0.1) is 5.92 Å². The quantitative estimate of drug-likeness (QED) is 0.0222. The van der Waals surface area contributed by atoms with Crippen molar-refractivity contribution in [2.24, 2.45) is 5.92 Å². The smallest absolute Gasteiger partial charge is 0.462 e. The fraction of sp³-hybridized carbons (Fsp3) is 0.946. The molecule has 0 bridgehead atoms. The van der Waals surface area contributed by atoms with Gasteiger partial charge in [-0.1, -0.05) is 336 Å². The molecule has 0 aliphatic carbocycles. The van der Waals surface area contributed by atoms with Crippen LogP contribution in [0.5, 0.6) is 0 Å². The molecule has 0 aromatic carbocycles. The molecule has 552 valence electrons. The maximum absolute atomic E-state index is 13.1. The molecule has 6 atom stereocenters. The fourth-order valence-corrected chi connectivity index (χ4v) is 12.9. The molecule has 0 aromatic heterocycles. The Kier molecular flexibility index (Phi) is 65.9. The van der Waals surface area contributed by atoms with Crippen LogP contribution in [0.3, 0.4) is 0 Å². The third kappa shape index (κ3) is 67.0. The van der Waals surface area contributed by atoms with E-state index >= 15 is 0 Å². The number of aliphatic hydroxyl groups excluding tert-OH is 1. The summed E-state index contributed by atoms with van der Waals surface area (Å²) >= 11 is 0.